The van der Waals surface area contributed by atoms with Crippen molar-refractivity contribution in [3.8, 4) is 0 Å². The standard InChI is InChI=1S/C18H16BrF3N6O2/c19-10-3-5-23-14(7-10)26-17(30)28-11-4-6-27(8-11)13-2-1-12(25-15(13)28)16(29)24-9-18(20,21)22/h1-3,5,7,11H,4,6,8-9H2,(H,24,29)(H,23,26,30)/t11-/m0/s1. The number of alkyl halides is 3. The molecule has 2 aliphatic heterocycles. The topological polar surface area (TPSA) is 90.5 Å². The summed E-state index contributed by atoms with van der Waals surface area (Å²) in [7, 11) is 0. The van der Waals surface area contributed by atoms with Gasteiger partial charge in [-0.05, 0) is 30.7 Å². The number of nitrogens with one attached hydrogen (secondary N) is 2. The molecular weight excluding hydrogens is 469 g/mol. The van der Waals surface area contributed by atoms with Crippen molar-refractivity contribution in [2.24, 2.45) is 0 Å². The highest BCUT2D eigenvalue weighted by atomic mass is 79.9. The van der Waals surface area contributed by atoms with Crippen LogP contribution in [0.1, 0.15) is 16.9 Å². The highest BCUT2D eigenvalue weighted by Gasteiger charge is 2.40. The number of halogens is 4. The van der Waals surface area contributed by atoms with Gasteiger partial charge < -0.3 is 10.2 Å². The molecule has 2 N–H and O–H groups in total. The zero-order valence-corrected chi connectivity index (χ0v) is 17.0. The molecule has 158 valence electrons. The molecular formula is C18H16BrF3N6O2. The minimum absolute atomic E-state index is 0.175. The lowest BCUT2D eigenvalue weighted by molar-refractivity contribution is -0.123. The van der Waals surface area contributed by atoms with Gasteiger partial charge in [-0.1, -0.05) is 15.9 Å². The molecule has 0 spiro atoms. The van der Waals surface area contributed by atoms with Gasteiger partial charge in [-0.15, -0.1) is 0 Å². The fourth-order valence-electron chi connectivity index (χ4n) is 3.51. The van der Waals surface area contributed by atoms with Crippen molar-refractivity contribution in [3.05, 3.63) is 40.6 Å². The van der Waals surface area contributed by atoms with Crippen LogP contribution in [0.4, 0.5) is 35.3 Å². The second-order valence-corrected chi connectivity index (χ2v) is 7.80. The number of hydrogen-bond donors (Lipinski definition) is 2. The average molecular weight is 485 g/mol. The largest absolute Gasteiger partial charge is 0.405 e. The minimum Gasteiger partial charge on any atom is -0.366 e. The normalized spacial score (nSPS) is 17.5. The third-order valence-electron chi connectivity index (χ3n) is 4.81. The average Bonchev–Trinajstić information content (AvgIpc) is 3.09. The first kappa shape index (κ1) is 20.4. The molecule has 0 aromatic carbocycles. The zero-order chi connectivity index (χ0) is 21.5. The van der Waals surface area contributed by atoms with Gasteiger partial charge in [-0.3, -0.25) is 15.0 Å². The molecule has 2 aromatic heterocycles. The van der Waals surface area contributed by atoms with E-state index in [1.54, 1.807) is 23.5 Å². The third kappa shape index (κ3) is 4.18. The summed E-state index contributed by atoms with van der Waals surface area (Å²) in [5.41, 5.74) is 0.451. The lowest BCUT2D eigenvalue weighted by atomic mass is 10.1. The van der Waals surface area contributed by atoms with E-state index < -0.39 is 24.7 Å². The van der Waals surface area contributed by atoms with Crippen LogP contribution in [0.3, 0.4) is 0 Å². The van der Waals surface area contributed by atoms with E-state index in [4.69, 9.17) is 0 Å². The molecule has 30 heavy (non-hydrogen) atoms. The van der Waals surface area contributed by atoms with E-state index in [0.717, 1.165) is 4.47 Å². The summed E-state index contributed by atoms with van der Waals surface area (Å²) in [6, 6.07) is 5.66. The number of urea groups is 1. The number of rotatable bonds is 3. The summed E-state index contributed by atoms with van der Waals surface area (Å²) in [4.78, 5) is 37.0. The van der Waals surface area contributed by atoms with Crippen molar-refractivity contribution in [2.45, 2.75) is 18.6 Å². The van der Waals surface area contributed by atoms with Crippen LogP contribution < -0.4 is 20.4 Å². The Kier molecular flexibility index (Phi) is 5.26. The van der Waals surface area contributed by atoms with Gasteiger partial charge in [0.05, 0.1) is 11.7 Å². The van der Waals surface area contributed by atoms with E-state index in [0.29, 0.717) is 31.0 Å². The quantitative estimate of drug-likeness (QED) is 0.698. The predicted octanol–water partition coefficient (Wildman–Crippen LogP) is 3.16. The van der Waals surface area contributed by atoms with Crippen LogP contribution in [0, 0.1) is 0 Å². The number of pyridine rings is 2. The maximum absolute atomic E-state index is 13.0. The van der Waals surface area contributed by atoms with Gasteiger partial charge in [0.25, 0.3) is 5.91 Å². The molecule has 0 aliphatic carbocycles. The van der Waals surface area contributed by atoms with Crippen molar-refractivity contribution in [1.29, 1.82) is 0 Å². The number of hydrogen-bond acceptors (Lipinski definition) is 5. The van der Waals surface area contributed by atoms with E-state index in [1.165, 1.54) is 17.2 Å². The smallest absolute Gasteiger partial charge is 0.366 e. The molecule has 1 atom stereocenters. The van der Waals surface area contributed by atoms with Gasteiger partial charge in [0.1, 0.15) is 18.1 Å². The SMILES string of the molecule is O=C(NCC(F)(F)F)c1ccc2c(n1)N(C(=O)Nc1cc(Br)ccn1)[C@H]1CCN2C1. The van der Waals surface area contributed by atoms with Crippen molar-refractivity contribution < 1.29 is 22.8 Å². The van der Waals surface area contributed by atoms with Crippen LogP contribution in [0.5, 0.6) is 0 Å². The molecule has 0 unspecified atom stereocenters. The van der Waals surface area contributed by atoms with Gasteiger partial charge >= 0.3 is 12.2 Å². The molecule has 8 nitrogen and oxygen atoms in total. The lowest BCUT2D eigenvalue weighted by Crippen LogP contribution is -2.48. The number of amides is 3. The Morgan fingerprint density at radius 1 is 1.27 bits per heavy atom. The van der Waals surface area contributed by atoms with Crippen LogP contribution in [0.2, 0.25) is 0 Å². The Morgan fingerprint density at radius 3 is 2.80 bits per heavy atom. The molecule has 4 rings (SSSR count). The molecule has 0 radical (unpaired) electrons. The van der Waals surface area contributed by atoms with Gasteiger partial charge in [0.2, 0.25) is 0 Å². The highest BCUT2D eigenvalue weighted by Crippen LogP contribution is 2.39. The van der Waals surface area contributed by atoms with Crippen LogP contribution in [-0.4, -0.2) is 53.8 Å². The van der Waals surface area contributed by atoms with E-state index in [-0.39, 0.29) is 17.6 Å². The molecule has 12 heteroatoms. The van der Waals surface area contributed by atoms with Crippen LogP contribution in [-0.2, 0) is 0 Å². The molecule has 2 bridgehead atoms. The Hall–Kier alpha value is -2.89. The summed E-state index contributed by atoms with van der Waals surface area (Å²) >= 11 is 3.31. The molecule has 4 heterocycles. The molecule has 2 aliphatic rings. The van der Waals surface area contributed by atoms with Crippen LogP contribution >= 0.6 is 15.9 Å². The lowest BCUT2D eigenvalue weighted by Gasteiger charge is -2.35. The Balaban J connectivity index is 1.62. The fraction of sp³-hybridized carbons (Fsp3) is 0.333. The number of carbonyl (C=O) groups excluding carboxylic acids is 2. The van der Waals surface area contributed by atoms with E-state index >= 15 is 0 Å². The van der Waals surface area contributed by atoms with Crippen molar-refractivity contribution in [1.82, 2.24) is 15.3 Å². The van der Waals surface area contributed by atoms with E-state index in [1.807, 2.05) is 4.90 Å². The number of anilines is 3. The number of fused-ring (bicyclic) bond motifs is 4. The molecule has 3 amide bonds. The number of aromatic nitrogens is 2. The third-order valence-corrected chi connectivity index (χ3v) is 5.30. The Morgan fingerprint density at radius 2 is 2.07 bits per heavy atom. The van der Waals surface area contributed by atoms with Crippen molar-refractivity contribution >= 4 is 45.2 Å². The van der Waals surface area contributed by atoms with Gasteiger partial charge in [-0.25, -0.2) is 14.8 Å². The number of nitrogens with zero attached hydrogens (tertiary/aromatic N) is 4. The second kappa shape index (κ2) is 7.74. The van der Waals surface area contributed by atoms with Gasteiger partial charge in [0, 0.05) is 23.8 Å². The summed E-state index contributed by atoms with van der Waals surface area (Å²) in [6.07, 6.45) is -2.30. The molecule has 0 saturated carbocycles. The summed E-state index contributed by atoms with van der Waals surface area (Å²) in [6.45, 7) is -0.149. The minimum atomic E-state index is -4.53. The number of carbonyl (C=O) groups is 2. The second-order valence-electron chi connectivity index (χ2n) is 6.89. The molecule has 1 saturated heterocycles. The fourth-order valence-corrected chi connectivity index (χ4v) is 3.85. The van der Waals surface area contributed by atoms with Crippen LogP contribution in [0.25, 0.3) is 0 Å². The summed E-state index contributed by atoms with van der Waals surface area (Å²) < 4.78 is 38.0. The van der Waals surface area contributed by atoms with Crippen molar-refractivity contribution in [2.75, 3.05) is 34.8 Å². The monoisotopic (exact) mass is 484 g/mol. The van der Waals surface area contributed by atoms with Crippen LogP contribution in [0.15, 0.2) is 34.9 Å². The summed E-state index contributed by atoms with van der Waals surface area (Å²) in [5, 5.41) is 4.51. The Labute approximate surface area is 177 Å². The van der Waals surface area contributed by atoms with Gasteiger partial charge in [0.15, 0.2) is 5.82 Å². The first-order valence-corrected chi connectivity index (χ1v) is 9.83. The predicted molar refractivity (Wildman–Crippen MR) is 107 cm³/mol. The molecule has 2 aromatic rings. The zero-order valence-electron chi connectivity index (χ0n) is 15.4. The van der Waals surface area contributed by atoms with E-state index in [2.05, 4.69) is 31.2 Å². The Bertz CT molecular complexity index is 1000. The van der Waals surface area contributed by atoms with E-state index in [9.17, 15) is 22.8 Å². The first-order valence-electron chi connectivity index (χ1n) is 9.04. The maximum Gasteiger partial charge on any atom is 0.405 e. The van der Waals surface area contributed by atoms with Crippen molar-refractivity contribution in [3.63, 3.8) is 0 Å². The molecule has 1 fully saturated rings. The first-order chi connectivity index (χ1) is 14.2. The van der Waals surface area contributed by atoms with Gasteiger partial charge in [-0.2, -0.15) is 13.2 Å². The highest BCUT2D eigenvalue weighted by molar-refractivity contribution is 9.10. The maximum atomic E-state index is 13.0. The summed E-state index contributed by atoms with van der Waals surface area (Å²) in [5.74, 6) is -0.400.